The van der Waals surface area contributed by atoms with E-state index in [0.717, 1.165) is 15.8 Å². The molecule has 5 rings (SSSR count). The molecule has 1 atom stereocenters. The molecule has 0 aliphatic carbocycles. The smallest absolute Gasteiger partial charge is 0.196 e. The maximum atomic E-state index is 16.0. The van der Waals surface area contributed by atoms with Crippen LogP contribution in [0.1, 0.15) is 23.9 Å². The average Bonchev–Trinajstić information content (AvgIpc) is 3.39. The molecule has 0 bridgehead atoms. The Bertz CT molecular complexity index is 1410. The molecular weight excluding hydrogens is 387 g/mol. The maximum absolute atomic E-state index is 16.0. The van der Waals surface area contributed by atoms with Crippen LogP contribution in [0.4, 0.5) is 4.39 Å². The van der Waals surface area contributed by atoms with Crippen molar-refractivity contribution < 1.29 is 4.39 Å². The van der Waals surface area contributed by atoms with Crippen molar-refractivity contribution in [1.82, 2.24) is 24.8 Å². The minimum Gasteiger partial charge on any atom is -0.245 e. The second-order valence-electron chi connectivity index (χ2n) is 6.74. The van der Waals surface area contributed by atoms with Crippen molar-refractivity contribution in [3.63, 3.8) is 0 Å². The zero-order valence-corrected chi connectivity index (χ0v) is 16.1. The van der Waals surface area contributed by atoms with E-state index in [2.05, 4.69) is 26.3 Å². The van der Waals surface area contributed by atoms with E-state index in [0.29, 0.717) is 22.5 Å². The summed E-state index contributed by atoms with van der Waals surface area (Å²) in [5.41, 5.74) is 3.46. The summed E-state index contributed by atoms with van der Waals surface area (Å²) in [7, 11) is 0. The highest BCUT2D eigenvalue weighted by molar-refractivity contribution is 7.16. The summed E-state index contributed by atoms with van der Waals surface area (Å²) < 4.78 is 18.3. The maximum Gasteiger partial charge on any atom is 0.196 e. The first-order chi connectivity index (χ1) is 14.1. The van der Waals surface area contributed by atoms with Crippen LogP contribution in [0.25, 0.3) is 27.1 Å². The van der Waals surface area contributed by atoms with Gasteiger partial charge >= 0.3 is 0 Å². The number of aromatic nitrogens is 5. The normalized spacial score (nSPS) is 13.4. The third kappa shape index (κ3) is 2.83. The lowest BCUT2D eigenvalue weighted by atomic mass is 9.97. The topological polar surface area (TPSA) is 79.8 Å². The van der Waals surface area contributed by atoms with Gasteiger partial charge in [-0.1, -0.05) is 18.2 Å². The van der Waals surface area contributed by atoms with Gasteiger partial charge in [0, 0.05) is 5.56 Å². The predicted octanol–water partition coefficient (Wildman–Crippen LogP) is 4.51. The molecule has 3 heterocycles. The molecule has 0 aliphatic rings. The van der Waals surface area contributed by atoms with Gasteiger partial charge in [-0.2, -0.15) is 14.9 Å². The van der Waals surface area contributed by atoms with Crippen LogP contribution in [0.15, 0.2) is 60.1 Å². The Labute approximate surface area is 168 Å². The number of hydrogen-bond donors (Lipinski definition) is 0. The van der Waals surface area contributed by atoms with Gasteiger partial charge in [-0.25, -0.2) is 9.37 Å². The van der Waals surface area contributed by atoms with E-state index in [-0.39, 0.29) is 5.82 Å². The number of benzene rings is 2. The molecule has 3 aromatic heterocycles. The zero-order chi connectivity index (χ0) is 20.0. The molecule has 0 fully saturated rings. The molecule has 1 unspecified atom stereocenters. The number of thiazole rings is 1. The van der Waals surface area contributed by atoms with Crippen molar-refractivity contribution in [2.75, 3.05) is 0 Å². The van der Waals surface area contributed by atoms with Crippen LogP contribution < -0.4 is 0 Å². The molecular formula is C21H13FN6S. The van der Waals surface area contributed by atoms with Crippen LogP contribution in [0.2, 0.25) is 0 Å². The number of nitriles is 1. The average molecular weight is 400 g/mol. The summed E-state index contributed by atoms with van der Waals surface area (Å²) in [6.07, 6.45) is 0. The van der Waals surface area contributed by atoms with Gasteiger partial charge in [0.05, 0.1) is 33.1 Å². The molecule has 5 aromatic rings. The Morgan fingerprint density at radius 2 is 2.00 bits per heavy atom. The first kappa shape index (κ1) is 17.4. The van der Waals surface area contributed by atoms with E-state index >= 15 is 4.39 Å². The standard InChI is InChI=1S/C21H13FN6S/c1-21(22,15-5-6-17-18(10-15)29-12-24-17)20-26-25-19-8-7-16(27-28(19)20)14-4-2-3-13(9-14)11-23/h2-10,12H,1H3. The minimum atomic E-state index is -1.91. The van der Waals surface area contributed by atoms with Crippen molar-refractivity contribution in [2.45, 2.75) is 12.6 Å². The van der Waals surface area contributed by atoms with Gasteiger partial charge in [-0.3, -0.25) is 0 Å². The highest BCUT2D eigenvalue weighted by Gasteiger charge is 2.35. The number of fused-ring (bicyclic) bond motifs is 2. The Hall–Kier alpha value is -3.70. The lowest BCUT2D eigenvalue weighted by Crippen LogP contribution is -2.21. The van der Waals surface area contributed by atoms with Crippen LogP contribution in [-0.2, 0) is 5.67 Å². The molecule has 0 amide bonds. The van der Waals surface area contributed by atoms with Crippen LogP contribution in [0.3, 0.4) is 0 Å². The molecule has 0 saturated heterocycles. The number of alkyl halides is 1. The van der Waals surface area contributed by atoms with Gasteiger partial charge in [0.15, 0.2) is 17.1 Å². The molecule has 0 aliphatic heterocycles. The fourth-order valence-corrected chi connectivity index (χ4v) is 3.98. The van der Waals surface area contributed by atoms with Gasteiger partial charge in [-0.05, 0) is 48.9 Å². The van der Waals surface area contributed by atoms with E-state index in [1.807, 2.05) is 6.07 Å². The summed E-state index contributed by atoms with van der Waals surface area (Å²) in [4.78, 5) is 4.24. The van der Waals surface area contributed by atoms with Crippen molar-refractivity contribution >= 4 is 27.2 Å². The predicted molar refractivity (Wildman–Crippen MR) is 108 cm³/mol. The highest BCUT2D eigenvalue weighted by Crippen LogP contribution is 2.35. The van der Waals surface area contributed by atoms with Crippen molar-refractivity contribution in [1.29, 1.82) is 5.26 Å². The second-order valence-corrected chi connectivity index (χ2v) is 7.63. The third-order valence-corrected chi connectivity index (χ3v) is 5.64. The van der Waals surface area contributed by atoms with Gasteiger partial charge in [0.25, 0.3) is 0 Å². The lowest BCUT2D eigenvalue weighted by Gasteiger charge is -2.18. The van der Waals surface area contributed by atoms with Gasteiger partial charge in [0.2, 0.25) is 0 Å². The van der Waals surface area contributed by atoms with Crippen molar-refractivity contribution in [3.8, 4) is 17.3 Å². The minimum absolute atomic E-state index is 0.0923. The SMILES string of the molecule is CC(F)(c1ccc2ncsc2c1)c1nnc2ccc(-c3cccc(C#N)c3)nn12. The Morgan fingerprint density at radius 3 is 2.86 bits per heavy atom. The quantitative estimate of drug-likeness (QED) is 0.445. The summed E-state index contributed by atoms with van der Waals surface area (Å²) in [5, 5.41) is 21.9. The summed E-state index contributed by atoms with van der Waals surface area (Å²) >= 11 is 1.46. The Morgan fingerprint density at radius 1 is 1.10 bits per heavy atom. The molecule has 2 aromatic carbocycles. The monoisotopic (exact) mass is 400 g/mol. The number of halogens is 1. The summed E-state index contributed by atoms with van der Waals surface area (Å²) in [5.74, 6) is 0.0923. The lowest BCUT2D eigenvalue weighted by molar-refractivity contribution is 0.232. The molecule has 0 N–H and O–H groups in total. The van der Waals surface area contributed by atoms with Gasteiger partial charge < -0.3 is 0 Å². The van der Waals surface area contributed by atoms with E-state index in [4.69, 9.17) is 5.26 Å². The van der Waals surface area contributed by atoms with Crippen LogP contribution in [-0.4, -0.2) is 24.8 Å². The molecule has 0 saturated carbocycles. The fraction of sp³-hybridized carbons (Fsp3) is 0.0952. The number of rotatable bonds is 3. The summed E-state index contributed by atoms with van der Waals surface area (Å²) in [6.45, 7) is 1.45. The number of nitrogens with zero attached hydrogens (tertiary/aromatic N) is 6. The largest absolute Gasteiger partial charge is 0.245 e. The van der Waals surface area contributed by atoms with Gasteiger partial charge in [-0.15, -0.1) is 21.5 Å². The number of hydrogen-bond acceptors (Lipinski definition) is 6. The Kier molecular flexibility index (Phi) is 3.86. The highest BCUT2D eigenvalue weighted by atomic mass is 32.1. The van der Waals surface area contributed by atoms with Gasteiger partial charge in [0.1, 0.15) is 0 Å². The van der Waals surface area contributed by atoms with E-state index < -0.39 is 5.67 Å². The van der Waals surface area contributed by atoms with Crippen LogP contribution in [0.5, 0.6) is 0 Å². The molecule has 6 nitrogen and oxygen atoms in total. The first-order valence-corrected chi connectivity index (χ1v) is 9.70. The van der Waals surface area contributed by atoms with E-state index in [9.17, 15) is 0 Å². The summed E-state index contributed by atoms with van der Waals surface area (Å²) in [6, 6.07) is 18.0. The molecule has 8 heteroatoms. The molecule has 29 heavy (non-hydrogen) atoms. The van der Waals surface area contributed by atoms with Crippen molar-refractivity contribution in [2.24, 2.45) is 0 Å². The fourth-order valence-electron chi connectivity index (χ4n) is 3.26. The van der Waals surface area contributed by atoms with Crippen LogP contribution in [0, 0.1) is 11.3 Å². The van der Waals surface area contributed by atoms with Crippen molar-refractivity contribution in [3.05, 3.63) is 77.1 Å². The molecule has 0 spiro atoms. The molecule has 0 radical (unpaired) electrons. The first-order valence-electron chi connectivity index (χ1n) is 8.82. The van der Waals surface area contributed by atoms with E-state index in [1.165, 1.54) is 22.8 Å². The second kappa shape index (κ2) is 6.43. The van der Waals surface area contributed by atoms with Crippen LogP contribution >= 0.6 is 11.3 Å². The zero-order valence-electron chi connectivity index (χ0n) is 15.2. The Balaban J connectivity index is 1.65. The molecule has 140 valence electrons. The third-order valence-electron chi connectivity index (χ3n) is 4.84. The van der Waals surface area contributed by atoms with E-state index in [1.54, 1.807) is 54.0 Å².